The highest BCUT2D eigenvalue weighted by Crippen LogP contribution is 2.23. The molecule has 0 saturated carbocycles. The van der Waals surface area contributed by atoms with E-state index in [4.69, 9.17) is 4.74 Å². The molecule has 1 heterocycles. The Morgan fingerprint density at radius 3 is 2.26 bits per heavy atom. The van der Waals surface area contributed by atoms with Crippen LogP contribution in [0.4, 0.5) is 16.2 Å². The van der Waals surface area contributed by atoms with Crippen LogP contribution in [-0.2, 0) is 19.1 Å². The Balaban J connectivity index is 1.42. The number of carbonyl (C=O) groups is 5. The van der Waals surface area contributed by atoms with E-state index < -0.39 is 23.8 Å². The number of ether oxygens (including phenoxy) is 2. The zero-order valence-electron chi connectivity index (χ0n) is 21.4. The molecule has 0 spiro atoms. The third-order valence-corrected chi connectivity index (χ3v) is 6.00. The second kappa shape index (κ2) is 11.4. The predicted octanol–water partition coefficient (Wildman–Crippen LogP) is 3.77. The van der Waals surface area contributed by atoms with Gasteiger partial charge in [0.25, 0.3) is 17.7 Å². The molecule has 0 radical (unpaired) electrons. The molecule has 1 aliphatic rings. The zero-order chi connectivity index (χ0) is 28.1. The smallest absolute Gasteiger partial charge is 0.337 e. The molecular weight excluding hydrogens is 502 g/mol. The van der Waals surface area contributed by atoms with Crippen LogP contribution in [0, 0.1) is 13.8 Å². The van der Waals surface area contributed by atoms with Gasteiger partial charge in [-0.3, -0.25) is 19.7 Å². The summed E-state index contributed by atoms with van der Waals surface area (Å²) in [6, 6.07) is 16.7. The second-order valence-electron chi connectivity index (χ2n) is 8.70. The van der Waals surface area contributed by atoms with Crippen LogP contribution in [-0.4, -0.2) is 43.4 Å². The highest BCUT2D eigenvalue weighted by atomic mass is 16.5. The van der Waals surface area contributed by atoms with Crippen molar-refractivity contribution in [2.24, 2.45) is 0 Å². The van der Waals surface area contributed by atoms with Crippen molar-refractivity contribution in [2.75, 3.05) is 23.9 Å². The third-order valence-electron chi connectivity index (χ3n) is 6.00. The van der Waals surface area contributed by atoms with E-state index in [9.17, 15) is 24.0 Å². The lowest BCUT2D eigenvalue weighted by atomic mass is 10.1. The summed E-state index contributed by atoms with van der Waals surface area (Å²) in [6.07, 6.45) is 1.34. The van der Waals surface area contributed by atoms with Crippen molar-refractivity contribution in [3.05, 3.63) is 94.6 Å². The fourth-order valence-corrected chi connectivity index (χ4v) is 3.75. The van der Waals surface area contributed by atoms with Crippen LogP contribution < -0.4 is 20.3 Å². The van der Waals surface area contributed by atoms with Gasteiger partial charge in [-0.05, 0) is 85.1 Å². The van der Waals surface area contributed by atoms with E-state index >= 15 is 0 Å². The number of amides is 5. The molecule has 1 saturated heterocycles. The number of urea groups is 1. The van der Waals surface area contributed by atoms with E-state index in [1.54, 1.807) is 24.3 Å². The number of barbiturate groups is 1. The molecule has 3 aromatic rings. The second-order valence-corrected chi connectivity index (χ2v) is 8.70. The summed E-state index contributed by atoms with van der Waals surface area (Å²) >= 11 is 0. The monoisotopic (exact) mass is 527 g/mol. The Labute approximate surface area is 224 Å². The first-order chi connectivity index (χ1) is 18.7. The SMILES string of the molecule is COC(=O)c1ccc(N2C(=O)NC(=O)/C(=C/c3ccc(OCC(=O)Nc4ccc(C)c(C)c4)cc3)C2=O)cc1. The van der Waals surface area contributed by atoms with Crippen LogP contribution in [0.1, 0.15) is 27.0 Å². The first-order valence-corrected chi connectivity index (χ1v) is 11.9. The van der Waals surface area contributed by atoms with Crippen molar-refractivity contribution in [2.45, 2.75) is 13.8 Å². The molecule has 3 aromatic carbocycles. The van der Waals surface area contributed by atoms with Gasteiger partial charge in [0.15, 0.2) is 6.61 Å². The van der Waals surface area contributed by atoms with Gasteiger partial charge in [-0.1, -0.05) is 18.2 Å². The van der Waals surface area contributed by atoms with E-state index in [1.807, 2.05) is 32.0 Å². The number of nitrogens with zero attached hydrogens (tertiary/aromatic N) is 1. The molecule has 0 bridgehead atoms. The van der Waals surface area contributed by atoms with Gasteiger partial charge in [-0.2, -0.15) is 0 Å². The third kappa shape index (κ3) is 6.19. The number of imide groups is 2. The van der Waals surface area contributed by atoms with Gasteiger partial charge >= 0.3 is 12.0 Å². The van der Waals surface area contributed by atoms with E-state index in [2.05, 4.69) is 15.4 Å². The van der Waals surface area contributed by atoms with Crippen LogP contribution in [0.2, 0.25) is 0 Å². The fourth-order valence-electron chi connectivity index (χ4n) is 3.75. The minimum atomic E-state index is -0.907. The first kappa shape index (κ1) is 26.8. The number of hydrogen-bond donors (Lipinski definition) is 2. The number of methoxy groups -OCH3 is 1. The molecule has 10 nitrogen and oxygen atoms in total. The molecule has 0 aliphatic carbocycles. The molecule has 10 heteroatoms. The van der Waals surface area contributed by atoms with Crippen molar-refractivity contribution in [1.29, 1.82) is 0 Å². The lowest BCUT2D eigenvalue weighted by Crippen LogP contribution is -2.54. The number of anilines is 2. The van der Waals surface area contributed by atoms with E-state index in [0.29, 0.717) is 17.0 Å². The molecule has 0 atom stereocenters. The zero-order valence-corrected chi connectivity index (χ0v) is 21.4. The highest BCUT2D eigenvalue weighted by Gasteiger charge is 2.36. The lowest BCUT2D eigenvalue weighted by molar-refractivity contribution is -0.122. The molecule has 198 valence electrons. The molecule has 1 aliphatic heterocycles. The number of aryl methyl sites for hydroxylation is 2. The predicted molar refractivity (Wildman–Crippen MR) is 143 cm³/mol. The average Bonchev–Trinajstić information content (AvgIpc) is 2.92. The number of esters is 1. The van der Waals surface area contributed by atoms with Crippen LogP contribution >= 0.6 is 0 Å². The van der Waals surface area contributed by atoms with Crippen molar-refractivity contribution in [3.63, 3.8) is 0 Å². The van der Waals surface area contributed by atoms with Crippen molar-refractivity contribution in [1.82, 2.24) is 5.32 Å². The van der Waals surface area contributed by atoms with Crippen LogP contribution in [0.3, 0.4) is 0 Å². The van der Waals surface area contributed by atoms with Crippen molar-refractivity contribution >= 4 is 47.2 Å². The maximum Gasteiger partial charge on any atom is 0.337 e. The Bertz CT molecular complexity index is 1490. The Hall–Kier alpha value is -5.25. The van der Waals surface area contributed by atoms with Crippen LogP contribution in [0.5, 0.6) is 5.75 Å². The van der Waals surface area contributed by atoms with E-state index in [1.165, 1.54) is 37.5 Å². The molecule has 4 rings (SSSR count). The summed E-state index contributed by atoms with van der Waals surface area (Å²) in [5, 5.41) is 4.92. The molecule has 2 N–H and O–H groups in total. The minimum absolute atomic E-state index is 0.173. The topological polar surface area (TPSA) is 131 Å². The Morgan fingerprint density at radius 1 is 0.923 bits per heavy atom. The molecule has 5 amide bonds. The summed E-state index contributed by atoms with van der Waals surface area (Å²) in [5.41, 5.74) is 3.52. The first-order valence-electron chi connectivity index (χ1n) is 11.9. The van der Waals surface area contributed by atoms with Gasteiger partial charge < -0.3 is 14.8 Å². The van der Waals surface area contributed by atoms with Gasteiger partial charge in [-0.25, -0.2) is 14.5 Å². The molecule has 0 aromatic heterocycles. The average molecular weight is 528 g/mol. The standard InChI is InChI=1S/C29H25N3O7/c1-17-4-9-21(14-18(17)2)30-25(33)16-39-23-12-5-19(6-13-23)15-24-26(34)31-29(37)32(27(24)35)22-10-7-20(8-11-22)28(36)38-3/h4-15H,16H2,1-3H3,(H,30,33)(H,31,34,37)/b24-15-. The maximum absolute atomic E-state index is 13.1. The number of nitrogens with one attached hydrogen (secondary N) is 2. The fraction of sp³-hybridized carbons (Fsp3) is 0.138. The highest BCUT2D eigenvalue weighted by molar-refractivity contribution is 6.39. The largest absolute Gasteiger partial charge is 0.484 e. The van der Waals surface area contributed by atoms with Gasteiger partial charge in [0, 0.05) is 5.69 Å². The molecule has 0 unspecified atom stereocenters. The molecule has 39 heavy (non-hydrogen) atoms. The van der Waals surface area contributed by atoms with Gasteiger partial charge in [0.1, 0.15) is 11.3 Å². The lowest BCUT2D eigenvalue weighted by Gasteiger charge is -2.26. The number of benzene rings is 3. The minimum Gasteiger partial charge on any atom is -0.484 e. The summed E-state index contributed by atoms with van der Waals surface area (Å²) in [4.78, 5) is 62.6. The maximum atomic E-state index is 13.1. The summed E-state index contributed by atoms with van der Waals surface area (Å²) < 4.78 is 10.2. The summed E-state index contributed by atoms with van der Waals surface area (Å²) in [5.74, 6) is -2.14. The summed E-state index contributed by atoms with van der Waals surface area (Å²) in [6.45, 7) is 3.74. The molecule has 1 fully saturated rings. The van der Waals surface area contributed by atoms with E-state index in [-0.39, 0.29) is 29.3 Å². The normalized spacial score (nSPS) is 14.2. The Kier molecular flexibility index (Phi) is 7.85. The van der Waals surface area contributed by atoms with Crippen molar-refractivity contribution in [3.8, 4) is 5.75 Å². The molecular formula is C29H25N3O7. The van der Waals surface area contributed by atoms with Gasteiger partial charge in [-0.15, -0.1) is 0 Å². The number of hydrogen-bond acceptors (Lipinski definition) is 7. The van der Waals surface area contributed by atoms with Crippen LogP contribution in [0.15, 0.2) is 72.3 Å². The van der Waals surface area contributed by atoms with Gasteiger partial charge in [0.05, 0.1) is 18.4 Å². The number of carbonyl (C=O) groups excluding carboxylic acids is 5. The van der Waals surface area contributed by atoms with Gasteiger partial charge in [0.2, 0.25) is 0 Å². The summed E-state index contributed by atoms with van der Waals surface area (Å²) in [7, 11) is 1.24. The number of rotatable bonds is 7. The quantitative estimate of drug-likeness (QED) is 0.272. The van der Waals surface area contributed by atoms with Crippen LogP contribution in [0.25, 0.3) is 6.08 Å². The van der Waals surface area contributed by atoms with E-state index in [0.717, 1.165) is 16.0 Å². The van der Waals surface area contributed by atoms with Crippen molar-refractivity contribution < 1.29 is 33.4 Å². The Morgan fingerprint density at radius 2 is 1.62 bits per heavy atom.